The van der Waals surface area contributed by atoms with Gasteiger partial charge in [0, 0.05) is 38.9 Å². The largest absolute Gasteiger partial charge is 0.393 e. The first-order chi connectivity index (χ1) is 6.25. The Morgan fingerprint density at radius 2 is 2.31 bits per heavy atom. The zero-order chi connectivity index (χ0) is 9.68. The lowest BCUT2D eigenvalue weighted by Gasteiger charge is -2.11. The number of imidazole rings is 1. The molecule has 0 aliphatic carbocycles. The van der Waals surface area contributed by atoms with Gasteiger partial charge in [0.15, 0.2) is 0 Å². The van der Waals surface area contributed by atoms with Crippen molar-refractivity contribution < 1.29 is 0 Å². The average molecular weight is 180 g/mol. The molecule has 1 aromatic heterocycles. The van der Waals surface area contributed by atoms with Crippen molar-refractivity contribution in [2.75, 3.05) is 7.05 Å². The van der Waals surface area contributed by atoms with Crippen molar-refractivity contribution in [1.82, 2.24) is 20.2 Å². The Hall–Kier alpha value is -1.45. The van der Waals surface area contributed by atoms with E-state index in [4.69, 9.17) is 0 Å². The first-order valence-electron chi connectivity index (χ1n) is 4.31. The average Bonchev–Trinajstić information content (AvgIpc) is 2.52. The second-order valence-corrected chi connectivity index (χ2v) is 2.91. The fourth-order valence-corrected chi connectivity index (χ4v) is 1.14. The van der Waals surface area contributed by atoms with Crippen LogP contribution in [-0.4, -0.2) is 16.6 Å². The Kier molecular flexibility index (Phi) is 3.37. The van der Waals surface area contributed by atoms with Crippen LogP contribution in [0.4, 0.5) is 0 Å². The quantitative estimate of drug-likeness (QED) is 0.719. The highest BCUT2D eigenvalue weighted by atomic mass is 15.1. The van der Waals surface area contributed by atoms with Gasteiger partial charge in [-0.1, -0.05) is 0 Å². The van der Waals surface area contributed by atoms with E-state index in [2.05, 4.69) is 22.5 Å². The van der Waals surface area contributed by atoms with Crippen molar-refractivity contribution in [3.05, 3.63) is 30.6 Å². The Morgan fingerprint density at radius 1 is 1.54 bits per heavy atom. The van der Waals surface area contributed by atoms with Crippen LogP contribution in [0.5, 0.6) is 0 Å². The summed E-state index contributed by atoms with van der Waals surface area (Å²) in [4.78, 5) is 4.24. The molecule has 0 aromatic carbocycles. The maximum absolute atomic E-state index is 4.24. The Bertz CT molecular complexity index is 277. The number of rotatable bonds is 4. The van der Waals surface area contributed by atoms with Crippen LogP contribution in [0.2, 0.25) is 0 Å². The van der Waals surface area contributed by atoms with Gasteiger partial charge in [-0.25, -0.2) is 4.98 Å². The fraction of sp³-hybridized carbons (Fsp3) is 0.444. The third-order valence-corrected chi connectivity index (χ3v) is 1.84. The number of nitrogens with zero attached hydrogens (tertiary/aromatic N) is 2. The van der Waals surface area contributed by atoms with E-state index in [0.29, 0.717) is 0 Å². The summed E-state index contributed by atoms with van der Waals surface area (Å²) in [5.74, 6) is 1.03. The number of hydrogen-bond donors (Lipinski definition) is 2. The van der Waals surface area contributed by atoms with E-state index in [1.807, 2.05) is 37.3 Å². The summed E-state index contributed by atoms with van der Waals surface area (Å²) in [6.07, 6.45) is 7.46. The highest BCUT2D eigenvalue weighted by Crippen LogP contribution is 2.07. The van der Waals surface area contributed by atoms with Crippen molar-refractivity contribution in [1.29, 1.82) is 0 Å². The summed E-state index contributed by atoms with van der Waals surface area (Å²) < 4.78 is 2.00. The van der Waals surface area contributed by atoms with Gasteiger partial charge < -0.3 is 15.2 Å². The lowest BCUT2D eigenvalue weighted by molar-refractivity contribution is 0.606. The molecule has 4 heteroatoms. The molecular formula is C9H16N4. The molecule has 0 saturated carbocycles. The third-order valence-electron chi connectivity index (χ3n) is 1.84. The van der Waals surface area contributed by atoms with Crippen LogP contribution >= 0.6 is 0 Å². The van der Waals surface area contributed by atoms with E-state index in [1.54, 1.807) is 6.20 Å². The van der Waals surface area contributed by atoms with Crippen LogP contribution in [0.25, 0.3) is 0 Å². The monoisotopic (exact) mass is 180 g/mol. The van der Waals surface area contributed by atoms with Gasteiger partial charge in [-0.2, -0.15) is 0 Å². The van der Waals surface area contributed by atoms with Crippen molar-refractivity contribution in [3.8, 4) is 0 Å². The van der Waals surface area contributed by atoms with E-state index < -0.39 is 0 Å². The van der Waals surface area contributed by atoms with Crippen molar-refractivity contribution in [2.24, 2.45) is 7.05 Å². The molecule has 1 heterocycles. The summed E-state index contributed by atoms with van der Waals surface area (Å²) in [6.45, 7) is 2.07. The first kappa shape index (κ1) is 9.64. The fourth-order valence-electron chi connectivity index (χ4n) is 1.14. The molecule has 1 aromatic rings. The summed E-state index contributed by atoms with van der Waals surface area (Å²) in [6, 6.07) is 0.226. The second-order valence-electron chi connectivity index (χ2n) is 2.91. The predicted octanol–water partition coefficient (Wildman–Crippen LogP) is 0.761. The van der Waals surface area contributed by atoms with E-state index in [1.165, 1.54) is 0 Å². The molecular weight excluding hydrogens is 164 g/mol. The molecule has 13 heavy (non-hydrogen) atoms. The molecule has 0 saturated heterocycles. The van der Waals surface area contributed by atoms with E-state index in [-0.39, 0.29) is 6.04 Å². The molecule has 0 bridgehead atoms. The summed E-state index contributed by atoms with van der Waals surface area (Å²) in [5, 5.41) is 6.11. The maximum atomic E-state index is 4.24. The lowest BCUT2D eigenvalue weighted by atomic mass is 10.3. The zero-order valence-electron chi connectivity index (χ0n) is 8.28. The minimum Gasteiger partial charge on any atom is -0.393 e. The molecule has 0 amide bonds. The topological polar surface area (TPSA) is 41.9 Å². The van der Waals surface area contributed by atoms with Crippen molar-refractivity contribution in [2.45, 2.75) is 13.0 Å². The molecule has 1 unspecified atom stereocenters. The first-order valence-corrected chi connectivity index (χ1v) is 4.31. The Morgan fingerprint density at radius 3 is 2.85 bits per heavy atom. The maximum Gasteiger partial charge on any atom is 0.130 e. The summed E-state index contributed by atoms with van der Waals surface area (Å²) in [5.41, 5.74) is 0. The number of aryl methyl sites for hydroxylation is 1. The molecule has 0 fully saturated rings. The molecule has 0 aliphatic rings. The van der Waals surface area contributed by atoms with Gasteiger partial charge in [0.05, 0.1) is 6.04 Å². The molecule has 4 nitrogen and oxygen atoms in total. The van der Waals surface area contributed by atoms with Crippen LogP contribution < -0.4 is 10.6 Å². The number of aromatic nitrogens is 2. The molecule has 2 N–H and O–H groups in total. The van der Waals surface area contributed by atoms with Gasteiger partial charge in [-0.15, -0.1) is 0 Å². The van der Waals surface area contributed by atoms with E-state index in [9.17, 15) is 0 Å². The highest BCUT2D eigenvalue weighted by Gasteiger charge is 2.06. The molecule has 1 atom stereocenters. The van der Waals surface area contributed by atoms with Crippen LogP contribution in [0.3, 0.4) is 0 Å². The van der Waals surface area contributed by atoms with Gasteiger partial charge in [-0.3, -0.25) is 0 Å². The van der Waals surface area contributed by atoms with Gasteiger partial charge >= 0.3 is 0 Å². The van der Waals surface area contributed by atoms with Gasteiger partial charge in [0.2, 0.25) is 0 Å². The minimum absolute atomic E-state index is 0.226. The van der Waals surface area contributed by atoms with Crippen molar-refractivity contribution in [3.63, 3.8) is 0 Å². The van der Waals surface area contributed by atoms with Gasteiger partial charge in [0.1, 0.15) is 5.82 Å². The van der Waals surface area contributed by atoms with Gasteiger partial charge in [-0.05, 0) is 6.92 Å². The lowest BCUT2D eigenvalue weighted by Crippen LogP contribution is -2.16. The normalized spacial score (nSPS) is 13.2. The zero-order valence-corrected chi connectivity index (χ0v) is 8.28. The summed E-state index contributed by atoms with van der Waals surface area (Å²) >= 11 is 0. The highest BCUT2D eigenvalue weighted by molar-refractivity contribution is 4.98. The van der Waals surface area contributed by atoms with Crippen LogP contribution in [-0.2, 0) is 7.05 Å². The summed E-state index contributed by atoms with van der Waals surface area (Å²) in [7, 11) is 3.85. The molecule has 0 radical (unpaired) electrons. The second kappa shape index (κ2) is 4.54. The Balaban J connectivity index is 2.53. The molecule has 1 rings (SSSR count). The standard InChI is InChI=1S/C9H16N4/c1-8(11-5-4-10-2)9-12-6-7-13(9)3/h4-8,10-11H,1-3H3/b5-4-. The minimum atomic E-state index is 0.226. The van der Waals surface area contributed by atoms with Crippen LogP contribution in [0.1, 0.15) is 18.8 Å². The van der Waals surface area contributed by atoms with Crippen LogP contribution in [0, 0.1) is 0 Å². The van der Waals surface area contributed by atoms with Gasteiger partial charge in [0.25, 0.3) is 0 Å². The number of hydrogen-bond acceptors (Lipinski definition) is 3. The van der Waals surface area contributed by atoms with Crippen molar-refractivity contribution >= 4 is 0 Å². The Labute approximate surface area is 78.7 Å². The SMILES string of the molecule is CN/C=C\NC(C)c1nccn1C. The number of nitrogens with one attached hydrogen (secondary N) is 2. The smallest absolute Gasteiger partial charge is 0.130 e. The third kappa shape index (κ3) is 2.50. The molecule has 0 aliphatic heterocycles. The van der Waals surface area contributed by atoms with E-state index >= 15 is 0 Å². The molecule has 72 valence electrons. The predicted molar refractivity (Wildman–Crippen MR) is 53.0 cm³/mol. The van der Waals surface area contributed by atoms with Crippen LogP contribution in [0.15, 0.2) is 24.8 Å². The van der Waals surface area contributed by atoms with E-state index in [0.717, 1.165) is 5.82 Å². The molecule has 0 spiro atoms.